The van der Waals surface area contributed by atoms with Crippen LogP contribution in [0.2, 0.25) is 0 Å². The van der Waals surface area contributed by atoms with Crippen LogP contribution in [0.5, 0.6) is 11.5 Å². The summed E-state index contributed by atoms with van der Waals surface area (Å²) in [6, 6.07) is 5.04. The normalized spacial score (nSPS) is 27.7. The lowest BCUT2D eigenvalue weighted by Crippen LogP contribution is -2.42. The van der Waals surface area contributed by atoms with E-state index < -0.39 is 17.8 Å². The van der Waals surface area contributed by atoms with Crippen molar-refractivity contribution in [2.24, 2.45) is 23.7 Å². The fourth-order valence-electron chi connectivity index (χ4n) is 3.62. The number of carbonyl (C=O) groups is 2. The van der Waals surface area contributed by atoms with E-state index in [-0.39, 0.29) is 17.7 Å². The Morgan fingerprint density at radius 2 is 1.83 bits per heavy atom. The molecule has 0 heterocycles. The fraction of sp³-hybridized carbons (Fsp3) is 0.412. The summed E-state index contributed by atoms with van der Waals surface area (Å²) in [7, 11) is 3.04. The van der Waals surface area contributed by atoms with Gasteiger partial charge in [0.15, 0.2) is 0 Å². The molecule has 23 heavy (non-hydrogen) atoms. The maximum absolute atomic E-state index is 12.6. The predicted molar refractivity (Wildman–Crippen MR) is 80.9 cm³/mol. The van der Waals surface area contributed by atoms with Crippen molar-refractivity contribution in [3.8, 4) is 11.5 Å². The van der Waals surface area contributed by atoms with Gasteiger partial charge in [0.05, 0.1) is 25.8 Å². The molecule has 1 amide bonds. The molecule has 0 saturated heterocycles. The largest absolute Gasteiger partial charge is 0.550 e. The zero-order chi connectivity index (χ0) is 16.6. The Hall–Kier alpha value is -2.50. The summed E-state index contributed by atoms with van der Waals surface area (Å²) in [5.41, 5.74) is 0.488. The summed E-state index contributed by atoms with van der Waals surface area (Å²) < 4.78 is 10.4. The first-order valence-corrected chi connectivity index (χ1v) is 7.47. The van der Waals surface area contributed by atoms with E-state index in [0.29, 0.717) is 23.6 Å². The highest BCUT2D eigenvalue weighted by atomic mass is 16.5. The summed E-state index contributed by atoms with van der Waals surface area (Å²) in [5.74, 6) is -1.96. The Morgan fingerprint density at radius 3 is 2.43 bits per heavy atom. The first-order chi connectivity index (χ1) is 11.0. The molecule has 2 aliphatic rings. The van der Waals surface area contributed by atoms with E-state index in [1.807, 2.05) is 12.2 Å². The van der Waals surface area contributed by atoms with Crippen molar-refractivity contribution in [1.29, 1.82) is 0 Å². The van der Waals surface area contributed by atoms with Gasteiger partial charge in [-0.25, -0.2) is 0 Å². The van der Waals surface area contributed by atoms with E-state index in [1.165, 1.54) is 7.11 Å². The molecule has 1 fully saturated rings. The van der Waals surface area contributed by atoms with E-state index in [2.05, 4.69) is 5.32 Å². The molecular formula is C17H18NO5-. The highest BCUT2D eigenvalue weighted by molar-refractivity contribution is 5.97. The molecule has 0 radical (unpaired) electrons. The first-order valence-electron chi connectivity index (χ1n) is 7.47. The Balaban J connectivity index is 1.82. The number of carbonyl (C=O) groups excluding carboxylic acids is 2. The van der Waals surface area contributed by atoms with Crippen molar-refractivity contribution >= 4 is 17.6 Å². The van der Waals surface area contributed by atoms with Crippen molar-refractivity contribution in [1.82, 2.24) is 0 Å². The minimum absolute atomic E-state index is 0.0489. The number of rotatable bonds is 5. The van der Waals surface area contributed by atoms with Gasteiger partial charge >= 0.3 is 0 Å². The van der Waals surface area contributed by atoms with Crippen LogP contribution >= 0.6 is 0 Å². The Bertz CT molecular complexity index is 669. The van der Waals surface area contributed by atoms with Gasteiger partial charge in [-0.1, -0.05) is 12.2 Å². The van der Waals surface area contributed by atoms with E-state index in [0.717, 1.165) is 0 Å². The average Bonchev–Trinajstić information content (AvgIpc) is 3.16. The number of aliphatic carboxylic acids is 1. The molecule has 2 bridgehead atoms. The smallest absolute Gasteiger partial charge is 0.228 e. The molecule has 1 saturated carbocycles. The van der Waals surface area contributed by atoms with Crippen LogP contribution in [0.15, 0.2) is 30.4 Å². The number of nitrogens with one attached hydrogen (secondary N) is 1. The number of allylic oxidation sites excluding steroid dienone is 2. The molecule has 6 nitrogen and oxygen atoms in total. The second-order valence-corrected chi connectivity index (χ2v) is 5.87. The standard InChI is InChI=1S/C17H19NO5/c1-22-11-5-6-12(13(8-11)23-2)18-16(19)14-9-3-4-10(7-9)15(14)17(20)21/h3-6,8-10,14-15H,7H2,1-2H3,(H,18,19)(H,20,21)/p-1/t9-,10+,14-,15+/m1/s1. The van der Waals surface area contributed by atoms with Gasteiger partial charge in [0, 0.05) is 18.0 Å². The summed E-state index contributed by atoms with van der Waals surface area (Å²) in [4.78, 5) is 24.0. The molecule has 1 aromatic rings. The lowest BCUT2D eigenvalue weighted by molar-refractivity contribution is -0.313. The van der Waals surface area contributed by atoms with Crippen molar-refractivity contribution < 1.29 is 24.2 Å². The van der Waals surface area contributed by atoms with Crippen LogP contribution in [0, 0.1) is 23.7 Å². The highest BCUT2D eigenvalue weighted by Crippen LogP contribution is 2.48. The van der Waals surface area contributed by atoms with Gasteiger partial charge in [0.2, 0.25) is 5.91 Å². The van der Waals surface area contributed by atoms with E-state index in [9.17, 15) is 14.7 Å². The number of ether oxygens (including phenoxy) is 2. The van der Waals surface area contributed by atoms with E-state index in [1.54, 1.807) is 25.3 Å². The molecule has 2 aliphatic carbocycles. The monoisotopic (exact) mass is 316 g/mol. The summed E-state index contributed by atoms with van der Waals surface area (Å²) in [6.45, 7) is 0. The third kappa shape index (κ3) is 2.65. The summed E-state index contributed by atoms with van der Waals surface area (Å²) in [5, 5.41) is 14.2. The van der Waals surface area contributed by atoms with Crippen LogP contribution in [0.4, 0.5) is 5.69 Å². The van der Waals surface area contributed by atoms with Gasteiger partial charge in [-0.2, -0.15) is 0 Å². The van der Waals surface area contributed by atoms with Gasteiger partial charge in [0.1, 0.15) is 11.5 Å². The molecule has 0 spiro atoms. The zero-order valence-corrected chi connectivity index (χ0v) is 12.9. The quantitative estimate of drug-likeness (QED) is 0.813. The van der Waals surface area contributed by atoms with Crippen LogP contribution < -0.4 is 19.9 Å². The van der Waals surface area contributed by atoms with Gasteiger partial charge in [-0.3, -0.25) is 4.79 Å². The molecule has 0 aromatic heterocycles. The van der Waals surface area contributed by atoms with Crippen LogP contribution in [0.25, 0.3) is 0 Å². The first kappa shape index (κ1) is 15.4. The average molecular weight is 316 g/mol. The number of methoxy groups -OCH3 is 2. The molecule has 6 heteroatoms. The Morgan fingerprint density at radius 1 is 1.13 bits per heavy atom. The van der Waals surface area contributed by atoms with Crippen molar-refractivity contribution in [3.63, 3.8) is 0 Å². The minimum atomic E-state index is -1.16. The van der Waals surface area contributed by atoms with Crippen molar-refractivity contribution in [2.75, 3.05) is 19.5 Å². The number of fused-ring (bicyclic) bond motifs is 2. The maximum atomic E-state index is 12.6. The van der Waals surface area contributed by atoms with E-state index in [4.69, 9.17) is 9.47 Å². The Kier molecular flexibility index (Phi) is 3.98. The van der Waals surface area contributed by atoms with Crippen LogP contribution in [-0.2, 0) is 9.59 Å². The second kappa shape index (κ2) is 5.95. The van der Waals surface area contributed by atoms with Gasteiger partial charge in [0.25, 0.3) is 0 Å². The molecule has 0 aliphatic heterocycles. The summed E-state index contributed by atoms with van der Waals surface area (Å²) >= 11 is 0. The molecular weight excluding hydrogens is 298 g/mol. The number of benzene rings is 1. The number of hydrogen-bond donors (Lipinski definition) is 1. The van der Waals surface area contributed by atoms with Gasteiger partial charge in [-0.05, 0) is 30.4 Å². The molecule has 4 atom stereocenters. The lowest BCUT2D eigenvalue weighted by atomic mass is 9.82. The lowest BCUT2D eigenvalue weighted by Gasteiger charge is -2.28. The van der Waals surface area contributed by atoms with E-state index >= 15 is 0 Å². The summed E-state index contributed by atoms with van der Waals surface area (Å²) in [6.07, 6.45) is 4.50. The second-order valence-electron chi connectivity index (χ2n) is 5.87. The highest BCUT2D eigenvalue weighted by Gasteiger charge is 2.48. The van der Waals surface area contributed by atoms with Crippen LogP contribution in [-0.4, -0.2) is 26.1 Å². The van der Waals surface area contributed by atoms with Crippen molar-refractivity contribution in [3.05, 3.63) is 30.4 Å². The molecule has 1 N–H and O–H groups in total. The molecule has 0 unspecified atom stereocenters. The van der Waals surface area contributed by atoms with Crippen LogP contribution in [0.1, 0.15) is 6.42 Å². The van der Waals surface area contributed by atoms with Gasteiger partial charge < -0.3 is 24.7 Å². The third-order valence-electron chi connectivity index (χ3n) is 4.70. The number of hydrogen-bond acceptors (Lipinski definition) is 5. The maximum Gasteiger partial charge on any atom is 0.228 e. The molecule has 3 rings (SSSR count). The number of anilines is 1. The zero-order valence-electron chi connectivity index (χ0n) is 12.9. The van der Waals surface area contributed by atoms with Crippen LogP contribution in [0.3, 0.4) is 0 Å². The number of carboxylic acids is 1. The number of carboxylic acid groups (broad SMARTS) is 1. The SMILES string of the molecule is COc1ccc(NC(=O)[C@H]2[C@@H](C(=O)[O-])[C@H]3C=C[C@@H]2C3)c(OC)c1. The Labute approximate surface area is 134 Å². The third-order valence-corrected chi connectivity index (χ3v) is 4.70. The minimum Gasteiger partial charge on any atom is -0.550 e. The molecule has 1 aromatic carbocycles. The predicted octanol–water partition coefficient (Wildman–Crippen LogP) is 0.830. The number of amides is 1. The van der Waals surface area contributed by atoms with Gasteiger partial charge in [-0.15, -0.1) is 0 Å². The fourth-order valence-corrected chi connectivity index (χ4v) is 3.62. The topological polar surface area (TPSA) is 87.7 Å². The molecule has 122 valence electrons. The van der Waals surface area contributed by atoms with Crippen molar-refractivity contribution in [2.45, 2.75) is 6.42 Å².